The first-order valence-corrected chi connectivity index (χ1v) is 7.95. The van der Waals surface area contributed by atoms with Gasteiger partial charge in [0.05, 0.1) is 12.5 Å². The average Bonchev–Trinajstić information content (AvgIpc) is 2.64. The predicted octanol–water partition coefficient (Wildman–Crippen LogP) is 1.33. The highest BCUT2D eigenvalue weighted by molar-refractivity contribution is 5.76. The van der Waals surface area contributed by atoms with Gasteiger partial charge in [-0.25, -0.2) is 4.79 Å². The fourth-order valence-electron chi connectivity index (χ4n) is 4.25. The standard InChI is InChI=1S/C15H24N2O4/c18-12-6-10-2-3-11(7-12)17(10)14(21)16-9-15(4-1-5-15)8-13(19)20/h10-12,18H,1-9H2,(H,16,21)(H,19,20). The van der Waals surface area contributed by atoms with Crippen molar-refractivity contribution in [2.45, 2.75) is 69.6 Å². The van der Waals surface area contributed by atoms with Gasteiger partial charge in [-0.15, -0.1) is 0 Å². The van der Waals surface area contributed by atoms with Crippen molar-refractivity contribution in [1.82, 2.24) is 10.2 Å². The van der Waals surface area contributed by atoms with Crippen molar-refractivity contribution in [3.8, 4) is 0 Å². The zero-order valence-electron chi connectivity index (χ0n) is 12.3. The highest BCUT2D eigenvalue weighted by Gasteiger charge is 2.44. The summed E-state index contributed by atoms with van der Waals surface area (Å²) in [7, 11) is 0. The van der Waals surface area contributed by atoms with Crippen molar-refractivity contribution in [2.24, 2.45) is 5.41 Å². The van der Waals surface area contributed by atoms with Crippen LogP contribution < -0.4 is 5.32 Å². The van der Waals surface area contributed by atoms with Crippen LogP contribution in [0, 0.1) is 5.41 Å². The van der Waals surface area contributed by atoms with Crippen molar-refractivity contribution in [1.29, 1.82) is 0 Å². The molecular formula is C15H24N2O4. The summed E-state index contributed by atoms with van der Waals surface area (Å²) in [5.41, 5.74) is -0.240. The Bertz CT molecular complexity index is 421. The maximum absolute atomic E-state index is 12.4. The van der Waals surface area contributed by atoms with Crippen molar-refractivity contribution in [3.05, 3.63) is 0 Å². The Labute approximate surface area is 124 Å². The first-order chi connectivity index (χ1) is 9.99. The van der Waals surface area contributed by atoms with Gasteiger partial charge in [-0.1, -0.05) is 6.42 Å². The topological polar surface area (TPSA) is 89.9 Å². The van der Waals surface area contributed by atoms with E-state index in [-0.39, 0.29) is 36.1 Å². The lowest BCUT2D eigenvalue weighted by Gasteiger charge is -2.42. The smallest absolute Gasteiger partial charge is 0.317 e. The second kappa shape index (κ2) is 5.48. The summed E-state index contributed by atoms with van der Waals surface area (Å²) in [5, 5.41) is 21.7. The number of carbonyl (C=O) groups is 2. The molecule has 1 saturated carbocycles. The molecule has 3 N–H and O–H groups in total. The number of carboxylic acid groups (broad SMARTS) is 1. The van der Waals surface area contributed by atoms with Crippen LogP contribution in [0.3, 0.4) is 0 Å². The van der Waals surface area contributed by atoms with Gasteiger partial charge in [0.25, 0.3) is 0 Å². The van der Waals surface area contributed by atoms with Gasteiger partial charge in [0.2, 0.25) is 0 Å². The lowest BCUT2D eigenvalue weighted by atomic mass is 9.66. The van der Waals surface area contributed by atoms with Crippen LogP contribution in [0.15, 0.2) is 0 Å². The molecule has 118 valence electrons. The number of piperidine rings is 1. The molecule has 6 nitrogen and oxygen atoms in total. The van der Waals surface area contributed by atoms with Crippen molar-refractivity contribution in [3.63, 3.8) is 0 Å². The molecule has 21 heavy (non-hydrogen) atoms. The fraction of sp³-hybridized carbons (Fsp3) is 0.867. The molecule has 2 amide bonds. The number of carboxylic acids is 1. The minimum absolute atomic E-state index is 0.0777. The van der Waals surface area contributed by atoms with Crippen LogP contribution >= 0.6 is 0 Å². The van der Waals surface area contributed by atoms with Gasteiger partial charge in [0.1, 0.15) is 0 Å². The van der Waals surface area contributed by atoms with Gasteiger partial charge in [-0.05, 0) is 43.9 Å². The number of amides is 2. The maximum Gasteiger partial charge on any atom is 0.317 e. The van der Waals surface area contributed by atoms with Gasteiger partial charge in [-0.2, -0.15) is 0 Å². The zero-order chi connectivity index (χ0) is 15.0. The van der Waals surface area contributed by atoms with Crippen molar-refractivity contribution >= 4 is 12.0 Å². The minimum atomic E-state index is -0.787. The molecule has 2 heterocycles. The monoisotopic (exact) mass is 296 g/mol. The number of rotatable bonds is 4. The first kappa shape index (κ1) is 14.6. The summed E-state index contributed by atoms with van der Waals surface area (Å²) in [4.78, 5) is 25.3. The van der Waals surface area contributed by atoms with Gasteiger partial charge in [0, 0.05) is 18.6 Å². The SMILES string of the molecule is O=C(O)CC1(CNC(=O)N2C3CCC2CC(O)C3)CCC1. The molecule has 3 fully saturated rings. The van der Waals surface area contributed by atoms with E-state index >= 15 is 0 Å². The number of aliphatic hydroxyl groups is 1. The lowest BCUT2D eigenvalue weighted by Crippen LogP contribution is -2.54. The minimum Gasteiger partial charge on any atom is -0.481 e. The molecule has 2 bridgehead atoms. The highest BCUT2D eigenvalue weighted by Crippen LogP contribution is 2.43. The summed E-state index contributed by atoms with van der Waals surface area (Å²) in [6.07, 6.45) is 5.94. The summed E-state index contributed by atoms with van der Waals surface area (Å²) >= 11 is 0. The van der Waals surface area contributed by atoms with Crippen molar-refractivity contribution < 1.29 is 19.8 Å². The van der Waals surface area contributed by atoms with Crippen LogP contribution in [0.25, 0.3) is 0 Å². The molecule has 3 rings (SSSR count). The Morgan fingerprint density at radius 3 is 2.29 bits per heavy atom. The average molecular weight is 296 g/mol. The van der Waals surface area contributed by atoms with E-state index in [1.807, 2.05) is 4.90 Å². The van der Waals surface area contributed by atoms with E-state index < -0.39 is 5.97 Å². The number of hydrogen-bond acceptors (Lipinski definition) is 3. The van der Waals surface area contributed by atoms with E-state index in [0.29, 0.717) is 19.4 Å². The van der Waals surface area contributed by atoms with Gasteiger partial charge in [-0.3, -0.25) is 4.79 Å². The third kappa shape index (κ3) is 2.86. The van der Waals surface area contributed by atoms with E-state index in [9.17, 15) is 14.7 Å². The van der Waals surface area contributed by atoms with Crippen LogP contribution in [-0.2, 0) is 4.79 Å². The second-order valence-corrected chi connectivity index (χ2v) is 7.00. The van der Waals surface area contributed by atoms with E-state index in [1.54, 1.807) is 0 Å². The molecule has 0 aromatic heterocycles. The Hall–Kier alpha value is -1.30. The molecule has 0 radical (unpaired) electrons. The van der Waals surface area contributed by atoms with Crippen LogP contribution in [-0.4, -0.2) is 51.8 Å². The molecule has 2 saturated heterocycles. The largest absolute Gasteiger partial charge is 0.481 e. The molecule has 2 unspecified atom stereocenters. The highest BCUT2D eigenvalue weighted by atomic mass is 16.4. The third-order valence-corrected chi connectivity index (χ3v) is 5.50. The molecule has 0 spiro atoms. The quantitative estimate of drug-likeness (QED) is 0.730. The van der Waals surface area contributed by atoms with Crippen LogP contribution in [0.1, 0.15) is 51.4 Å². The number of fused-ring (bicyclic) bond motifs is 2. The Morgan fingerprint density at radius 2 is 1.81 bits per heavy atom. The summed E-state index contributed by atoms with van der Waals surface area (Å²) in [6.45, 7) is 0.455. The molecule has 0 aromatic rings. The van der Waals surface area contributed by atoms with Crippen LogP contribution in [0.2, 0.25) is 0 Å². The number of carbonyl (C=O) groups excluding carboxylic acids is 1. The fourth-order valence-corrected chi connectivity index (χ4v) is 4.25. The summed E-state index contributed by atoms with van der Waals surface area (Å²) in [6, 6.07) is 0.220. The molecule has 3 aliphatic rings. The number of nitrogens with zero attached hydrogens (tertiary/aromatic N) is 1. The van der Waals surface area contributed by atoms with Crippen LogP contribution in [0.4, 0.5) is 4.79 Å². The molecule has 6 heteroatoms. The Morgan fingerprint density at radius 1 is 1.19 bits per heavy atom. The number of hydrogen-bond donors (Lipinski definition) is 3. The summed E-state index contributed by atoms with van der Waals surface area (Å²) < 4.78 is 0. The number of urea groups is 1. The molecular weight excluding hydrogens is 272 g/mol. The number of aliphatic hydroxyl groups excluding tert-OH is 1. The normalized spacial score (nSPS) is 33.4. The Balaban J connectivity index is 1.56. The third-order valence-electron chi connectivity index (χ3n) is 5.50. The number of nitrogens with one attached hydrogen (secondary N) is 1. The molecule has 2 aliphatic heterocycles. The van der Waals surface area contributed by atoms with Gasteiger partial charge < -0.3 is 20.4 Å². The number of aliphatic carboxylic acids is 1. The molecule has 0 aromatic carbocycles. The van der Waals surface area contributed by atoms with Gasteiger partial charge in [0.15, 0.2) is 0 Å². The van der Waals surface area contributed by atoms with E-state index in [4.69, 9.17) is 5.11 Å². The van der Waals surface area contributed by atoms with E-state index in [0.717, 1.165) is 32.1 Å². The van der Waals surface area contributed by atoms with E-state index in [1.165, 1.54) is 0 Å². The molecule has 1 aliphatic carbocycles. The zero-order valence-corrected chi connectivity index (χ0v) is 12.3. The van der Waals surface area contributed by atoms with Crippen LogP contribution in [0.5, 0.6) is 0 Å². The molecule has 2 atom stereocenters. The van der Waals surface area contributed by atoms with Crippen molar-refractivity contribution in [2.75, 3.05) is 6.54 Å². The van der Waals surface area contributed by atoms with Gasteiger partial charge >= 0.3 is 12.0 Å². The predicted molar refractivity (Wildman–Crippen MR) is 75.8 cm³/mol. The Kier molecular flexibility index (Phi) is 3.82. The first-order valence-electron chi connectivity index (χ1n) is 7.95. The summed E-state index contributed by atoms with van der Waals surface area (Å²) in [5.74, 6) is -0.787. The van der Waals surface area contributed by atoms with E-state index in [2.05, 4.69) is 5.32 Å². The second-order valence-electron chi connectivity index (χ2n) is 7.00. The lowest BCUT2D eigenvalue weighted by molar-refractivity contribution is -0.141. The maximum atomic E-state index is 12.4.